The van der Waals surface area contributed by atoms with E-state index in [0.717, 1.165) is 12.1 Å². The van der Waals surface area contributed by atoms with Gasteiger partial charge in [0, 0.05) is 6.07 Å². The molecule has 0 aromatic heterocycles. The van der Waals surface area contributed by atoms with Crippen molar-refractivity contribution in [1.82, 2.24) is 5.32 Å². The Morgan fingerprint density at radius 2 is 1.77 bits per heavy atom. The number of ether oxygens (including phenoxy) is 2. The van der Waals surface area contributed by atoms with Crippen LogP contribution in [0.3, 0.4) is 0 Å². The maximum absolute atomic E-state index is 13.8. The van der Waals surface area contributed by atoms with Crippen molar-refractivity contribution in [2.75, 3.05) is 14.2 Å². The maximum atomic E-state index is 13.8. The molecule has 0 heterocycles. The lowest BCUT2D eigenvalue weighted by molar-refractivity contribution is -0.137. The minimum atomic E-state index is -1.16. The lowest BCUT2D eigenvalue weighted by Gasteiger charge is -2.19. The van der Waals surface area contributed by atoms with Gasteiger partial charge in [0.1, 0.15) is 11.6 Å². The number of halogens is 2. The van der Waals surface area contributed by atoms with Crippen LogP contribution in [0, 0.1) is 11.6 Å². The molecule has 0 aliphatic heterocycles. The van der Waals surface area contributed by atoms with E-state index in [0.29, 0.717) is 23.1 Å². The smallest absolute Gasteiger partial charge is 0.305 e. The van der Waals surface area contributed by atoms with Crippen LogP contribution in [-0.4, -0.2) is 31.2 Å². The fourth-order valence-electron chi connectivity index (χ4n) is 2.41. The number of carboxylic acids is 1. The van der Waals surface area contributed by atoms with Crippen LogP contribution in [0.1, 0.15) is 28.4 Å². The van der Waals surface area contributed by atoms with E-state index in [4.69, 9.17) is 14.6 Å². The third-order valence-corrected chi connectivity index (χ3v) is 3.67. The first-order valence-corrected chi connectivity index (χ1v) is 7.55. The van der Waals surface area contributed by atoms with Crippen LogP contribution in [-0.2, 0) is 4.79 Å². The van der Waals surface area contributed by atoms with Gasteiger partial charge in [-0.1, -0.05) is 6.07 Å². The van der Waals surface area contributed by atoms with Crippen molar-refractivity contribution in [1.29, 1.82) is 0 Å². The highest BCUT2D eigenvalue weighted by Crippen LogP contribution is 2.31. The molecule has 8 heteroatoms. The third-order valence-electron chi connectivity index (χ3n) is 3.67. The van der Waals surface area contributed by atoms with E-state index in [1.54, 1.807) is 12.1 Å². The number of nitrogens with one attached hydrogen (secondary N) is 1. The first-order valence-electron chi connectivity index (χ1n) is 7.55. The van der Waals surface area contributed by atoms with Crippen molar-refractivity contribution in [3.63, 3.8) is 0 Å². The number of carbonyl (C=O) groups is 2. The molecule has 0 bridgehead atoms. The van der Waals surface area contributed by atoms with Crippen molar-refractivity contribution in [2.24, 2.45) is 0 Å². The molecule has 0 aliphatic rings. The van der Waals surface area contributed by atoms with Crippen LogP contribution in [0.15, 0.2) is 36.4 Å². The van der Waals surface area contributed by atoms with E-state index >= 15 is 0 Å². The number of benzene rings is 2. The molecule has 2 N–H and O–H groups in total. The average Bonchev–Trinajstić information content (AvgIpc) is 2.59. The van der Waals surface area contributed by atoms with Gasteiger partial charge in [0.05, 0.1) is 32.2 Å². The third kappa shape index (κ3) is 4.47. The number of hydrogen-bond donors (Lipinski definition) is 2. The van der Waals surface area contributed by atoms with Gasteiger partial charge in [-0.25, -0.2) is 8.78 Å². The summed E-state index contributed by atoms with van der Waals surface area (Å²) in [5, 5.41) is 11.6. The number of hydrogen-bond acceptors (Lipinski definition) is 4. The zero-order valence-electron chi connectivity index (χ0n) is 14.1. The Balaban J connectivity index is 2.32. The number of methoxy groups -OCH3 is 2. The molecule has 1 unspecified atom stereocenters. The highest BCUT2D eigenvalue weighted by atomic mass is 19.1. The molecule has 1 atom stereocenters. The molecule has 2 aromatic carbocycles. The minimum absolute atomic E-state index is 0.350. The van der Waals surface area contributed by atoms with Crippen molar-refractivity contribution < 1.29 is 33.0 Å². The Kier molecular flexibility index (Phi) is 6.11. The van der Waals surface area contributed by atoms with Gasteiger partial charge < -0.3 is 19.9 Å². The van der Waals surface area contributed by atoms with Crippen molar-refractivity contribution in [2.45, 2.75) is 12.5 Å². The summed E-state index contributed by atoms with van der Waals surface area (Å²) in [5.74, 6) is -3.10. The monoisotopic (exact) mass is 365 g/mol. The molecule has 2 rings (SSSR count). The van der Waals surface area contributed by atoms with Gasteiger partial charge in [0.25, 0.3) is 5.91 Å². The molecule has 138 valence electrons. The Bertz CT molecular complexity index is 825. The number of amides is 1. The zero-order valence-corrected chi connectivity index (χ0v) is 14.1. The highest BCUT2D eigenvalue weighted by molar-refractivity contribution is 5.95. The van der Waals surface area contributed by atoms with Gasteiger partial charge >= 0.3 is 5.97 Å². The van der Waals surface area contributed by atoms with Crippen LogP contribution in [0.5, 0.6) is 11.5 Å². The largest absolute Gasteiger partial charge is 0.493 e. The van der Waals surface area contributed by atoms with E-state index in [1.807, 2.05) is 0 Å². The zero-order chi connectivity index (χ0) is 19.3. The van der Waals surface area contributed by atoms with Gasteiger partial charge in [0.2, 0.25) is 0 Å². The summed E-state index contributed by atoms with van der Waals surface area (Å²) in [7, 11) is 2.87. The van der Waals surface area contributed by atoms with Gasteiger partial charge in [-0.2, -0.15) is 0 Å². The van der Waals surface area contributed by atoms with Crippen LogP contribution >= 0.6 is 0 Å². The van der Waals surface area contributed by atoms with E-state index < -0.39 is 36.0 Å². The predicted molar refractivity (Wildman–Crippen MR) is 88.4 cm³/mol. The quantitative estimate of drug-likeness (QED) is 0.788. The maximum Gasteiger partial charge on any atom is 0.305 e. The van der Waals surface area contributed by atoms with Gasteiger partial charge in [-0.3, -0.25) is 9.59 Å². The van der Waals surface area contributed by atoms with Crippen molar-refractivity contribution in [3.8, 4) is 11.5 Å². The number of aliphatic carboxylic acids is 1. The summed E-state index contributed by atoms with van der Waals surface area (Å²) in [4.78, 5) is 23.5. The molecule has 0 spiro atoms. The summed E-state index contributed by atoms with van der Waals surface area (Å²) in [6, 6.07) is 6.21. The molecule has 26 heavy (non-hydrogen) atoms. The molecular weight excluding hydrogens is 348 g/mol. The fraction of sp³-hybridized carbons (Fsp3) is 0.222. The molecule has 0 fully saturated rings. The van der Waals surface area contributed by atoms with Gasteiger partial charge in [-0.05, 0) is 29.8 Å². The summed E-state index contributed by atoms with van der Waals surface area (Å²) in [5.41, 5.74) is 0.0446. The molecule has 0 saturated heterocycles. The van der Waals surface area contributed by atoms with Crippen molar-refractivity contribution >= 4 is 11.9 Å². The minimum Gasteiger partial charge on any atom is -0.493 e. The second-order valence-electron chi connectivity index (χ2n) is 5.36. The average molecular weight is 365 g/mol. The Labute approximate surface area is 148 Å². The molecule has 0 aliphatic carbocycles. The number of carboxylic acid groups (broad SMARTS) is 1. The summed E-state index contributed by atoms with van der Waals surface area (Å²) in [6.45, 7) is 0. The number of carbonyl (C=O) groups excluding carboxylic acids is 1. The first kappa shape index (κ1) is 19.2. The molecule has 6 nitrogen and oxygen atoms in total. The van der Waals surface area contributed by atoms with Gasteiger partial charge in [-0.15, -0.1) is 0 Å². The molecule has 0 radical (unpaired) electrons. The lowest BCUT2D eigenvalue weighted by atomic mass is 10.0. The number of rotatable bonds is 7. The fourth-order valence-corrected chi connectivity index (χ4v) is 2.41. The second-order valence-corrected chi connectivity index (χ2v) is 5.36. The summed E-state index contributed by atoms with van der Waals surface area (Å²) < 4.78 is 37.1. The van der Waals surface area contributed by atoms with E-state index in [2.05, 4.69) is 5.32 Å². The SMILES string of the molecule is COc1ccc(C(CC(=O)O)NC(=O)c2ccc(F)cc2F)cc1OC. The van der Waals surface area contributed by atoms with Crippen LogP contribution in [0.2, 0.25) is 0 Å². The Hall–Kier alpha value is -3.16. The van der Waals surface area contributed by atoms with Crippen molar-refractivity contribution in [3.05, 3.63) is 59.2 Å². The molecule has 0 saturated carbocycles. The van der Waals surface area contributed by atoms with Crippen LogP contribution in [0.25, 0.3) is 0 Å². The Morgan fingerprint density at radius 3 is 2.35 bits per heavy atom. The van der Waals surface area contributed by atoms with E-state index in [-0.39, 0.29) is 5.56 Å². The highest BCUT2D eigenvalue weighted by Gasteiger charge is 2.22. The molecular formula is C18H17F2NO5. The molecule has 2 aromatic rings. The second kappa shape index (κ2) is 8.28. The van der Waals surface area contributed by atoms with Crippen LogP contribution in [0.4, 0.5) is 8.78 Å². The lowest BCUT2D eigenvalue weighted by Crippen LogP contribution is -2.30. The van der Waals surface area contributed by atoms with E-state index in [9.17, 15) is 18.4 Å². The predicted octanol–water partition coefficient (Wildman–Crippen LogP) is 2.93. The molecule has 1 amide bonds. The standard InChI is InChI=1S/C18H17F2NO5/c1-25-15-6-3-10(7-16(15)26-2)14(9-17(22)23)21-18(24)12-5-4-11(19)8-13(12)20/h3-8,14H,9H2,1-2H3,(H,21,24)(H,22,23). The summed E-state index contributed by atoms with van der Waals surface area (Å²) >= 11 is 0. The first-order chi connectivity index (χ1) is 12.3. The van der Waals surface area contributed by atoms with Gasteiger partial charge in [0.15, 0.2) is 11.5 Å². The van der Waals surface area contributed by atoms with Crippen LogP contribution < -0.4 is 14.8 Å². The normalized spacial score (nSPS) is 11.5. The Morgan fingerprint density at radius 1 is 1.08 bits per heavy atom. The topological polar surface area (TPSA) is 84.9 Å². The van der Waals surface area contributed by atoms with E-state index in [1.165, 1.54) is 20.3 Å². The summed E-state index contributed by atoms with van der Waals surface area (Å²) in [6.07, 6.45) is -0.440.